The van der Waals surface area contributed by atoms with E-state index < -0.39 is 0 Å². The molecule has 0 spiro atoms. The molecule has 0 bridgehead atoms. The van der Waals surface area contributed by atoms with Crippen molar-refractivity contribution in [1.82, 2.24) is 0 Å². The van der Waals surface area contributed by atoms with Gasteiger partial charge in [0.05, 0.1) is 0 Å². The van der Waals surface area contributed by atoms with E-state index in [1.54, 1.807) is 0 Å². The van der Waals surface area contributed by atoms with Crippen LogP contribution in [0.5, 0.6) is 0 Å². The molecule has 3 aromatic rings. The summed E-state index contributed by atoms with van der Waals surface area (Å²) >= 11 is 6.54. The van der Waals surface area contributed by atoms with Crippen LogP contribution in [0.3, 0.4) is 0 Å². The number of halogens is 2. The number of para-hydroxylation sites is 1. The number of fused-ring (bicyclic) bond motifs is 2. The van der Waals surface area contributed by atoms with E-state index in [1.165, 1.54) is 33.2 Å². The van der Waals surface area contributed by atoms with E-state index in [1.807, 2.05) is 12.2 Å². The van der Waals surface area contributed by atoms with E-state index in [4.69, 9.17) is 11.6 Å². The molecule has 1 nitrogen and oxygen atoms in total. The summed E-state index contributed by atoms with van der Waals surface area (Å²) in [5.41, 5.74) is 6.20. The first kappa shape index (κ1) is 23.1. The fourth-order valence-corrected chi connectivity index (χ4v) is 4.20. The zero-order chi connectivity index (χ0) is 20.9. The highest BCUT2D eigenvalue weighted by atomic mass is 79.9. The smallest absolute Gasteiger partial charge is 0.0484 e. The Labute approximate surface area is 200 Å². The third-order valence-corrected chi connectivity index (χ3v) is 5.81. The van der Waals surface area contributed by atoms with E-state index in [-0.39, 0.29) is 17.0 Å². The number of rotatable bonds is 5. The number of anilines is 1. The molecule has 0 radical (unpaired) electrons. The molecule has 0 N–H and O–H groups in total. The molecule has 0 atom stereocenters. The van der Waals surface area contributed by atoms with Gasteiger partial charge in [0.15, 0.2) is 0 Å². The van der Waals surface area contributed by atoms with Crippen LogP contribution >= 0.6 is 11.6 Å². The lowest BCUT2D eigenvalue weighted by atomic mass is 9.97. The van der Waals surface area contributed by atoms with Crippen molar-refractivity contribution in [2.24, 2.45) is 0 Å². The molecule has 0 unspecified atom stereocenters. The van der Waals surface area contributed by atoms with Gasteiger partial charge in [-0.05, 0) is 71.2 Å². The van der Waals surface area contributed by atoms with Crippen molar-refractivity contribution in [3.63, 3.8) is 0 Å². The average molecular weight is 492 g/mol. The summed E-state index contributed by atoms with van der Waals surface area (Å²) in [6.07, 6.45) is 13.5. The topological polar surface area (TPSA) is 3.24 Å². The summed E-state index contributed by atoms with van der Waals surface area (Å²) in [6.45, 7) is 5.28. The molecule has 3 heteroatoms. The third kappa shape index (κ3) is 5.03. The highest BCUT2D eigenvalue weighted by molar-refractivity contribution is 6.31. The quantitative estimate of drug-likeness (QED) is 0.455. The molecule has 0 aliphatic carbocycles. The second-order valence-electron chi connectivity index (χ2n) is 7.32. The van der Waals surface area contributed by atoms with Crippen LogP contribution in [0.1, 0.15) is 30.5 Å². The molecule has 1 heterocycles. The Kier molecular flexibility index (Phi) is 7.95. The number of aryl methyl sites for hydroxylation is 1. The van der Waals surface area contributed by atoms with Crippen LogP contribution in [-0.4, -0.2) is 6.54 Å². The lowest BCUT2D eigenvalue weighted by Gasteiger charge is -2.29. The monoisotopic (exact) mass is 490 g/mol. The van der Waals surface area contributed by atoms with Crippen LogP contribution in [0.2, 0.25) is 0 Å². The molecular formula is C28H26BrClN-. The Balaban J connectivity index is 0.00000272. The Bertz CT molecular complexity index is 1190. The molecule has 0 aromatic heterocycles. The second kappa shape index (κ2) is 10.7. The normalized spacial score (nSPS) is 14.9. The first-order chi connectivity index (χ1) is 14.7. The van der Waals surface area contributed by atoms with Crippen LogP contribution in [0, 0.1) is 0 Å². The molecule has 0 amide bonds. The minimum atomic E-state index is 0. The van der Waals surface area contributed by atoms with Crippen molar-refractivity contribution in [2.45, 2.75) is 20.3 Å². The van der Waals surface area contributed by atoms with Gasteiger partial charge in [-0.2, -0.15) is 0 Å². The van der Waals surface area contributed by atoms with Gasteiger partial charge in [0.2, 0.25) is 0 Å². The Hall–Kier alpha value is -2.55. The van der Waals surface area contributed by atoms with Crippen LogP contribution in [-0.2, 0) is 6.42 Å². The number of hydrogen-bond donors (Lipinski definition) is 0. The van der Waals surface area contributed by atoms with Gasteiger partial charge < -0.3 is 21.9 Å². The van der Waals surface area contributed by atoms with Gasteiger partial charge in [0.1, 0.15) is 0 Å². The van der Waals surface area contributed by atoms with Crippen molar-refractivity contribution in [2.75, 3.05) is 11.4 Å². The number of hydrogen-bond acceptors (Lipinski definition) is 1. The molecule has 0 fully saturated rings. The zero-order valence-corrected chi connectivity index (χ0v) is 20.2. The minimum Gasteiger partial charge on any atom is -1.00 e. The van der Waals surface area contributed by atoms with Crippen LogP contribution in [0.15, 0.2) is 95.7 Å². The number of benzene rings is 3. The van der Waals surface area contributed by atoms with Crippen molar-refractivity contribution < 1.29 is 17.0 Å². The van der Waals surface area contributed by atoms with E-state index >= 15 is 0 Å². The zero-order valence-electron chi connectivity index (χ0n) is 17.9. The summed E-state index contributed by atoms with van der Waals surface area (Å²) in [5.74, 6) is 0. The van der Waals surface area contributed by atoms with Crippen LogP contribution in [0.4, 0.5) is 5.69 Å². The molecule has 3 aromatic carbocycles. The predicted molar refractivity (Wildman–Crippen MR) is 133 cm³/mol. The van der Waals surface area contributed by atoms with E-state index in [9.17, 15) is 0 Å². The summed E-state index contributed by atoms with van der Waals surface area (Å²) < 4.78 is 0. The van der Waals surface area contributed by atoms with E-state index in [0.29, 0.717) is 5.03 Å². The van der Waals surface area contributed by atoms with Gasteiger partial charge in [-0.1, -0.05) is 85.3 Å². The summed E-state index contributed by atoms with van der Waals surface area (Å²) in [4.78, 5) is 2.30. The van der Waals surface area contributed by atoms with Crippen molar-refractivity contribution in [1.29, 1.82) is 0 Å². The van der Waals surface area contributed by atoms with E-state index in [2.05, 4.69) is 104 Å². The predicted octanol–water partition coefficient (Wildman–Crippen LogP) is 4.98. The molecule has 1 aliphatic heterocycles. The van der Waals surface area contributed by atoms with Gasteiger partial charge >= 0.3 is 0 Å². The van der Waals surface area contributed by atoms with Gasteiger partial charge in [0.25, 0.3) is 0 Å². The van der Waals surface area contributed by atoms with Crippen LogP contribution < -0.4 is 21.9 Å². The van der Waals surface area contributed by atoms with Crippen molar-refractivity contribution >= 4 is 40.2 Å². The summed E-state index contributed by atoms with van der Waals surface area (Å²) in [7, 11) is 0. The Morgan fingerprint density at radius 1 is 0.935 bits per heavy atom. The molecular weight excluding hydrogens is 466 g/mol. The summed E-state index contributed by atoms with van der Waals surface area (Å²) in [6, 6.07) is 21.4. The molecule has 0 saturated heterocycles. The molecule has 4 rings (SSSR count). The maximum atomic E-state index is 6.54. The first-order valence-corrected chi connectivity index (χ1v) is 10.9. The molecule has 158 valence electrons. The Morgan fingerprint density at radius 2 is 1.71 bits per heavy atom. The summed E-state index contributed by atoms with van der Waals surface area (Å²) in [5, 5.41) is 3.30. The molecule has 31 heavy (non-hydrogen) atoms. The fraction of sp³-hybridized carbons (Fsp3) is 0.143. The van der Waals surface area contributed by atoms with Gasteiger partial charge in [-0.25, -0.2) is 0 Å². The Morgan fingerprint density at radius 3 is 2.52 bits per heavy atom. The maximum absolute atomic E-state index is 6.54. The SMILES string of the molecule is CCc1c(C=CC(Cl)=C/C=C2\C=Cc3ccccc3N2CC)ccc2ccccc12.[Br-]. The van der Waals surface area contributed by atoms with Gasteiger partial charge in [-0.3, -0.25) is 0 Å². The minimum absolute atomic E-state index is 0. The van der Waals surface area contributed by atoms with Gasteiger partial charge in [-0.15, -0.1) is 0 Å². The lowest BCUT2D eigenvalue weighted by Crippen LogP contribution is -3.00. The van der Waals surface area contributed by atoms with Crippen LogP contribution in [0.25, 0.3) is 22.9 Å². The maximum Gasteiger partial charge on any atom is 0.0484 e. The van der Waals surface area contributed by atoms with E-state index in [0.717, 1.165) is 18.7 Å². The van der Waals surface area contributed by atoms with Crippen molar-refractivity contribution in [3.05, 3.63) is 112 Å². The largest absolute Gasteiger partial charge is 1.00 e. The average Bonchev–Trinajstić information content (AvgIpc) is 2.80. The van der Waals surface area contributed by atoms with Crippen molar-refractivity contribution in [3.8, 4) is 0 Å². The third-order valence-electron chi connectivity index (χ3n) is 5.55. The fourth-order valence-electron chi connectivity index (χ4n) is 4.07. The second-order valence-corrected chi connectivity index (χ2v) is 7.76. The highest BCUT2D eigenvalue weighted by Gasteiger charge is 2.14. The van der Waals surface area contributed by atoms with Gasteiger partial charge in [0, 0.05) is 23.0 Å². The molecule has 1 aliphatic rings. The standard InChI is InChI=1S/C28H26ClN.BrH/c1-3-26-22(14-13-21-9-5-7-11-27(21)26)15-17-24(29)18-20-25-19-16-23-10-6-8-12-28(23)30(25)4-2;/h5-20H,3-4H2,1-2H3;1H/p-1/b17-15?,24-18?,25-20+;. The highest BCUT2D eigenvalue weighted by Crippen LogP contribution is 2.30. The first-order valence-electron chi connectivity index (χ1n) is 10.5. The molecule has 0 saturated carbocycles. The number of nitrogens with zero attached hydrogens (tertiary/aromatic N) is 1. The number of allylic oxidation sites excluding steroid dienone is 5. The number of likely N-dealkylation sites (N-methyl/N-ethyl adjacent to an activating group) is 1. The lowest BCUT2D eigenvalue weighted by molar-refractivity contribution is -0.00000571.